The lowest BCUT2D eigenvalue weighted by atomic mass is 10.1. The zero-order valence-corrected chi connectivity index (χ0v) is 11.0. The minimum absolute atomic E-state index is 0.170. The Morgan fingerprint density at radius 3 is 2.26 bits per heavy atom. The minimum Gasteiger partial charge on any atom is -0.481 e. The zero-order chi connectivity index (χ0) is 14.8. The van der Waals surface area contributed by atoms with Crippen LogP contribution in [0.15, 0.2) is 0 Å². The fourth-order valence-electron chi connectivity index (χ4n) is 1.53. The number of carboxylic acid groups (broad SMARTS) is 2. The topological polar surface area (TPSA) is 124 Å². The number of rotatable bonds is 10. The maximum atomic E-state index is 11.5. The maximum absolute atomic E-state index is 11.5. The third kappa shape index (κ3) is 9.01. The highest BCUT2D eigenvalue weighted by Crippen LogP contribution is 2.05. The maximum Gasteiger partial charge on any atom is 0.326 e. The summed E-state index contributed by atoms with van der Waals surface area (Å²) in [7, 11) is 0. The van der Waals surface area contributed by atoms with Crippen LogP contribution in [0.1, 0.15) is 45.4 Å². The highest BCUT2D eigenvalue weighted by atomic mass is 16.4. The van der Waals surface area contributed by atoms with Crippen LogP contribution in [0.5, 0.6) is 0 Å². The molecule has 0 bridgehead atoms. The molecule has 0 aliphatic rings. The summed E-state index contributed by atoms with van der Waals surface area (Å²) in [6.45, 7) is 1.96. The number of hydrogen-bond acceptors (Lipinski definition) is 4. The minimum atomic E-state index is -1.28. The van der Waals surface area contributed by atoms with Gasteiger partial charge in [0.15, 0.2) is 0 Å². The second kappa shape index (κ2) is 9.32. The van der Waals surface area contributed by atoms with Gasteiger partial charge in [0, 0.05) is 6.42 Å². The van der Waals surface area contributed by atoms with E-state index in [2.05, 4.69) is 5.32 Å². The number of nitrogens with one attached hydrogen (secondary N) is 1. The van der Waals surface area contributed by atoms with Crippen LogP contribution in [0, 0.1) is 0 Å². The number of hydrogen-bond donors (Lipinski definition) is 4. The Kier molecular flexibility index (Phi) is 8.52. The molecule has 19 heavy (non-hydrogen) atoms. The number of aliphatic carboxylic acids is 2. The van der Waals surface area contributed by atoms with Gasteiger partial charge in [-0.05, 0) is 12.8 Å². The molecule has 7 heteroatoms. The first-order valence-corrected chi connectivity index (χ1v) is 6.28. The molecule has 0 aliphatic heterocycles. The van der Waals surface area contributed by atoms with Gasteiger partial charge in [-0.15, -0.1) is 0 Å². The molecule has 0 aromatic rings. The van der Waals surface area contributed by atoms with Crippen LogP contribution in [-0.2, 0) is 14.4 Å². The Morgan fingerprint density at radius 2 is 1.79 bits per heavy atom. The molecule has 0 fully saturated rings. The molecule has 0 radical (unpaired) electrons. The summed E-state index contributed by atoms with van der Waals surface area (Å²) in [4.78, 5) is 32.7. The van der Waals surface area contributed by atoms with E-state index < -0.39 is 30.0 Å². The number of amides is 1. The predicted octanol–water partition coefficient (Wildman–Crippen LogP) is 0.362. The molecule has 110 valence electrons. The fourth-order valence-corrected chi connectivity index (χ4v) is 1.53. The summed E-state index contributed by atoms with van der Waals surface area (Å²) in [6.07, 6.45) is 0.684. The second-order valence-electron chi connectivity index (χ2n) is 4.39. The lowest BCUT2D eigenvalue weighted by Gasteiger charge is -2.15. The van der Waals surface area contributed by atoms with Crippen LogP contribution in [0.3, 0.4) is 0 Å². The van der Waals surface area contributed by atoms with Crippen LogP contribution in [0.4, 0.5) is 0 Å². The van der Waals surface area contributed by atoms with Gasteiger partial charge in [-0.3, -0.25) is 9.59 Å². The monoisotopic (exact) mass is 275 g/mol. The lowest BCUT2D eigenvalue weighted by molar-refractivity contribution is -0.143. The molecule has 1 unspecified atom stereocenters. The average Bonchev–Trinajstić information content (AvgIpc) is 2.31. The van der Waals surface area contributed by atoms with Crippen molar-refractivity contribution < 1.29 is 29.7 Å². The van der Waals surface area contributed by atoms with Gasteiger partial charge >= 0.3 is 11.9 Å². The molecule has 2 atom stereocenters. The largest absolute Gasteiger partial charge is 0.481 e. The van der Waals surface area contributed by atoms with Crippen molar-refractivity contribution in [1.29, 1.82) is 0 Å². The van der Waals surface area contributed by atoms with Crippen molar-refractivity contribution in [3.63, 3.8) is 0 Å². The zero-order valence-electron chi connectivity index (χ0n) is 11.0. The van der Waals surface area contributed by atoms with Crippen molar-refractivity contribution in [3.05, 3.63) is 0 Å². The molecule has 0 aliphatic carbocycles. The second-order valence-corrected chi connectivity index (χ2v) is 4.39. The van der Waals surface area contributed by atoms with E-state index in [-0.39, 0.29) is 19.3 Å². The molecule has 0 aromatic heterocycles. The molecular formula is C12H21NO6. The SMILES string of the molecule is CCCCC(O)CC(=O)N[C@@H](CCC(=O)O)C(=O)O. The molecule has 0 saturated carbocycles. The van der Waals surface area contributed by atoms with E-state index in [4.69, 9.17) is 10.2 Å². The lowest BCUT2D eigenvalue weighted by Crippen LogP contribution is -2.42. The summed E-state index contributed by atoms with van der Waals surface area (Å²) in [6, 6.07) is -1.23. The number of aliphatic hydroxyl groups excluding tert-OH is 1. The van der Waals surface area contributed by atoms with E-state index >= 15 is 0 Å². The van der Waals surface area contributed by atoms with Crippen LogP contribution in [-0.4, -0.2) is 45.3 Å². The van der Waals surface area contributed by atoms with Crippen LogP contribution in [0.25, 0.3) is 0 Å². The van der Waals surface area contributed by atoms with Gasteiger partial charge in [-0.2, -0.15) is 0 Å². The van der Waals surface area contributed by atoms with Crippen molar-refractivity contribution in [1.82, 2.24) is 5.32 Å². The highest BCUT2D eigenvalue weighted by molar-refractivity contribution is 5.84. The summed E-state index contributed by atoms with van der Waals surface area (Å²) in [5, 5.41) is 29.1. The molecule has 7 nitrogen and oxygen atoms in total. The van der Waals surface area contributed by atoms with Crippen molar-refractivity contribution in [2.75, 3.05) is 0 Å². The van der Waals surface area contributed by atoms with Crippen LogP contribution >= 0.6 is 0 Å². The number of unbranched alkanes of at least 4 members (excludes halogenated alkanes) is 1. The summed E-state index contributed by atoms with van der Waals surface area (Å²) < 4.78 is 0. The highest BCUT2D eigenvalue weighted by Gasteiger charge is 2.21. The first-order valence-electron chi connectivity index (χ1n) is 6.28. The third-order valence-corrected chi connectivity index (χ3v) is 2.59. The number of carboxylic acids is 2. The van der Waals surface area contributed by atoms with Crippen molar-refractivity contribution in [2.24, 2.45) is 0 Å². The Balaban J connectivity index is 4.16. The molecule has 4 N–H and O–H groups in total. The van der Waals surface area contributed by atoms with Gasteiger partial charge in [-0.1, -0.05) is 19.8 Å². The molecule has 0 rings (SSSR count). The molecule has 0 spiro atoms. The normalized spacial score (nSPS) is 13.6. The van der Waals surface area contributed by atoms with Gasteiger partial charge in [0.2, 0.25) is 5.91 Å². The third-order valence-electron chi connectivity index (χ3n) is 2.59. The summed E-state index contributed by atoms with van der Waals surface area (Å²) in [5.41, 5.74) is 0. The van der Waals surface area contributed by atoms with Gasteiger partial charge in [0.25, 0.3) is 0 Å². The Morgan fingerprint density at radius 1 is 1.16 bits per heavy atom. The number of aliphatic hydroxyl groups is 1. The fraction of sp³-hybridized carbons (Fsp3) is 0.750. The Bertz CT molecular complexity index is 317. The molecule has 0 saturated heterocycles. The number of carbonyl (C=O) groups excluding carboxylic acids is 1. The van der Waals surface area contributed by atoms with Gasteiger partial charge in [0.05, 0.1) is 12.5 Å². The average molecular weight is 275 g/mol. The van der Waals surface area contributed by atoms with Gasteiger partial charge in [-0.25, -0.2) is 4.79 Å². The van der Waals surface area contributed by atoms with E-state index in [1.807, 2.05) is 6.92 Å². The Labute approximate surface area is 111 Å². The molecule has 1 amide bonds. The van der Waals surface area contributed by atoms with Gasteiger partial charge in [0.1, 0.15) is 6.04 Å². The summed E-state index contributed by atoms with van der Waals surface area (Å²) >= 11 is 0. The van der Waals surface area contributed by atoms with Crippen molar-refractivity contribution in [3.8, 4) is 0 Å². The first-order chi connectivity index (χ1) is 8.86. The van der Waals surface area contributed by atoms with E-state index in [1.165, 1.54) is 0 Å². The molecular weight excluding hydrogens is 254 g/mol. The molecule has 0 aromatic carbocycles. The van der Waals surface area contributed by atoms with E-state index in [0.717, 1.165) is 12.8 Å². The smallest absolute Gasteiger partial charge is 0.326 e. The van der Waals surface area contributed by atoms with Crippen LogP contribution in [0.2, 0.25) is 0 Å². The first kappa shape index (κ1) is 17.4. The van der Waals surface area contributed by atoms with Gasteiger partial charge < -0.3 is 20.6 Å². The standard InChI is InChI=1S/C12H21NO6/c1-2-3-4-8(14)7-10(15)13-9(12(18)19)5-6-11(16)17/h8-9,14H,2-7H2,1H3,(H,13,15)(H,16,17)(H,18,19)/t8?,9-/m0/s1. The van der Waals surface area contributed by atoms with Crippen LogP contribution < -0.4 is 5.32 Å². The van der Waals surface area contributed by atoms with E-state index in [9.17, 15) is 19.5 Å². The number of carbonyl (C=O) groups is 3. The van der Waals surface area contributed by atoms with E-state index in [0.29, 0.717) is 6.42 Å². The summed E-state index contributed by atoms with van der Waals surface area (Å²) in [5.74, 6) is -2.98. The van der Waals surface area contributed by atoms with Crippen molar-refractivity contribution in [2.45, 2.75) is 57.6 Å². The van der Waals surface area contributed by atoms with Crippen molar-refractivity contribution >= 4 is 17.8 Å². The quantitative estimate of drug-likeness (QED) is 0.456. The van der Waals surface area contributed by atoms with E-state index in [1.54, 1.807) is 0 Å². The Hall–Kier alpha value is -1.63. The predicted molar refractivity (Wildman–Crippen MR) is 66.6 cm³/mol. The molecule has 0 heterocycles.